The maximum absolute atomic E-state index is 11.7. The van der Waals surface area contributed by atoms with Gasteiger partial charge in [-0.05, 0) is 25.8 Å². The summed E-state index contributed by atoms with van der Waals surface area (Å²) in [6.07, 6.45) is 0.952. The van der Waals surface area contributed by atoms with E-state index in [1.165, 1.54) is 6.42 Å². The van der Waals surface area contributed by atoms with Crippen LogP contribution in [-0.2, 0) is 9.53 Å². The van der Waals surface area contributed by atoms with Gasteiger partial charge in [-0.1, -0.05) is 0 Å². The number of carbonyl (C=O) groups is 1. The molecule has 0 aromatic carbocycles. The van der Waals surface area contributed by atoms with Crippen LogP contribution in [0.4, 0.5) is 8.78 Å². The number of alkyl halides is 2. The van der Waals surface area contributed by atoms with E-state index in [0.29, 0.717) is 12.6 Å². The zero-order valence-electron chi connectivity index (χ0n) is 9.88. The first kappa shape index (κ1) is 14.3. The molecule has 17 heavy (non-hydrogen) atoms. The number of nitrogens with one attached hydrogen (secondary N) is 2. The molecule has 6 heteroatoms. The van der Waals surface area contributed by atoms with Crippen LogP contribution >= 0.6 is 0 Å². The van der Waals surface area contributed by atoms with Crippen molar-refractivity contribution in [3.05, 3.63) is 0 Å². The molecular weight excluding hydrogens is 230 g/mol. The molecule has 0 unspecified atom stereocenters. The first-order chi connectivity index (χ1) is 8.18. The molecule has 1 aliphatic heterocycles. The number of hydrogen-bond donors (Lipinski definition) is 2. The summed E-state index contributed by atoms with van der Waals surface area (Å²) in [4.78, 5) is 11.3. The van der Waals surface area contributed by atoms with E-state index in [4.69, 9.17) is 0 Å². The minimum Gasteiger partial charge on any atom is -0.375 e. The molecule has 0 radical (unpaired) electrons. The lowest BCUT2D eigenvalue weighted by Crippen LogP contribution is -2.31. The Bertz CT molecular complexity index is 222. The highest BCUT2D eigenvalue weighted by atomic mass is 19.3. The van der Waals surface area contributed by atoms with Crippen molar-refractivity contribution in [1.29, 1.82) is 0 Å². The van der Waals surface area contributed by atoms with E-state index in [1.54, 1.807) is 0 Å². The van der Waals surface area contributed by atoms with Crippen LogP contribution in [0.5, 0.6) is 0 Å². The van der Waals surface area contributed by atoms with Crippen LogP contribution in [0.3, 0.4) is 0 Å². The molecule has 1 heterocycles. The number of halogens is 2. The van der Waals surface area contributed by atoms with Gasteiger partial charge in [0, 0.05) is 19.0 Å². The van der Waals surface area contributed by atoms with Crippen LogP contribution in [0.25, 0.3) is 0 Å². The molecule has 0 aliphatic carbocycles. The van der Waals surface area contributed by atoms with E-state index in [9.17, 15) is 13.6 Å². The molecule has 1 atom stereocenters. The van der Waals surface area contributed by atoms with E-state index in [1.807, 2.05) is 0 Å². The predicted molar refractivity (Wildman–Crippen MR) is 60.1 cm³/mol. The van der Waals surface area contributed by atoms with Gasteiger partial charge in [0.1, 0.15) is 6.61 Å². The van der Waals surface area contributed by atoms with E-state index in [0.717, 1.165) is 19.4 Å². The predicted octanol–water partition coefficient (Wildman–Crippen LogP) is 0.916. The second kappa shape index (κ2) is 8.36. The van der Waals surface area contributed by atoms with Gasteiger partial charge in [-0.15, -0.1) is 0 Å². The molecule has 4 nitrogen and oxygen atoms in total. The molecule has 0 aromatic heterocycles. The topological polar surface area (TPSA) is 50.4 Å². The average Bonchev–Trinajstić information content (AvgIpc) is 2.77. The van der Waals surface area contributed by atoms with Crippen molar-refractivity contribution in [2.24, 2.45) is 0 Å². The minimum absolute atomic E-state index is 0.0534. The first-order valence-electron chi connectivity index (χ1n) is 6.04. The molecule has 100 valence electrons. The summed E-state index contributed by atoms with van der Waals surface area (Å²) in [6.45, 7) is 1.14. The quantitative estimate of drug-likeness (QED) is 0.630. The van der Waals surface area contributed by atoms with Crippen LogP contribution in [0.15, 0.2) is 0 Å². The third kappa shape index (κ3) is 7.23. The summed E-state index contributed by atoms with van der Waals surface area (Å²) in [6, 6.07) is 0.505. The number of amides is 1. The number of ether oxygens (including phenoxy) is 1. The van der Waals surface area contributed by atoms with Crippen molar-refractivity contribution in [1.82, 2.24) is 10.6 Å². The Hall–Kier alpha value is -0.750. The van der Waals surface area contributed by atoms with Gasteiger partial charge in [0.25, 0.3) is 6.43 Å². The lowest BCUT2D eigenvalue weighted by Gasteiger charge is -2.10. The highest BCUT2D eigenvalue weighted by Gasteiger charge is 2.13. The van der Waals surface area contributed by atoms with Gasteiger partial charge in [0.15, 0.2) is 0 Å². The third-order valence-corrected chi connectivity index (χ3v) is 2.69. The summed E-state index contributed by atoms with van der Waals surface area (Å²) >= 11 is 0. The Labute approximate surface area is 100 Å². The molecular formula is C11H20F2N2O2. The first-order valence-corrected chi connectivity index (χ1v) is 6.04. The van der Waals surface area contributed by atoms with Crippen LogP contribution in [0, 0.1) is 0 Å². The maximum Gasteiger partial charge on any atom is 0.261 e. The zero-order valence-corrected chi connectivity index (χ0v) is 9.88. The third-order valence-electron chi connectivity index (χ3n) is 2.69. The molecule has 0 saturated carbocycles. The average molecular weight is 250 g/mol. The Kier molecular flexibility index (Phi) is 7.04. The van der Waals surface area contributed by atoms with Gasteiger partial charge in [0.05, 0.1) is 6.61 Å². The molecule has 1 rings (SSSR count). The molecule has 1 fully saturated rings. The van der Waals surface area contributed by atoms with Crippen molar-refractivity contribution in [3.8, 4) is 0 Å². The Morgan fingerprint density at radius 1 is 1.53 bits per heavy atom. The minimum atomic E-state index is -2.47. The van der Waals surface area contributed by atoms with Crippen molar-refractivity contribution in [2.75, 3.05) is 26.3 Å². The second-order valence-electron chi connectivity index (χ2n) is 4.15. The highest BCUT2D eigenvalue weighted by molar-refractivity contribution is 5.75. The van der Waals surface area contributed by atoms with Crippen LogP contribution in [0.1, 0.15) is 25.7 Å². The van der Waals surface area contributed by atoms with Crippen molar-refractivity contribution >= 4 is 5.91 Å². The van der Waals surface area contributed by atoms with Crippen molar-refractivity contribution in [3.63, 3.8) is 0 Å². The van der Waals surface area contributed by atoms with Crippen LogP contribution in [-0.4, -0.2) is 44.7 Å². The summed E-state index contributed by atoms with van der Waals surface area (Å²) in [5, 5.41) is 6.09. The molecule has 2 N–H and O–H groups in total. The molecule has 1 amide bonds. The van der Waals surface area contributed by atoms with Gasteiger partial charge in [-0.25, -0.2) is 8.78 Å². The standard InChI is InChI=1S/C11H20F2N2O2/c12-10(13)8-17-7-4-11(16)15-6-3-9-2-1-5-14-9/h9-10,14H,1-8H2,(H,15,16)/t9-/m0/s1. The monoisotopic (exact) mass is 250 g/mol. The lowest BCUT2D eigenvalue weighted by atomic mass is 10.1. The number of carbonyl (C=O) groups excluding carboxylic acids is 1. The zero-order chi connectivity index (χ0) is 12.5. The van der Waals surface area contributed by atoms with Gasteiger partial charge >= 0.3 is 0 Å². The van der Waals surface area contributed by atoms with Crippen LogP contribution < -0.4 is 10.6 Å². The second-order valence-corrected chi connectivity index (χ2v) is 4.15. The van der Waals surface area contributed by atoms with Crippen molar-refractivity contribution in [2.45, 2.75) is 38.2 Å². The highest BCUT2D eigenvalue weighted by Crippen LogP contribution is 2.07. The molecule has 1 aliphatic rings. The molecule has 0 aromatic rings. The van der Waals surface area contributed by atoms with Crippen LogP contribution in [0.2, 0.25) is 0 Å². The fourth-order valence-electron chi connectivity index (χ4n) is 1.81. The maximum atomic E-state index is 11.7. The Balaban J connectivity index is 1.90. The summed E-state index contributed by atoms with van der Waals surface area (Å²) in [5.74, 6) is -0.141. The largest absolute Gasteiger partial charge is 0.375 e. The van der Waals surface area contributed by atoms with E-state index < -0.39 is 13.0 Å². The molecule has 1 saturated heterocycles. The Morgan fingerprint density at radius 3 is 3.00 bits per heavy atom. The van der Waals surface area contributed by atoms with E-state index in [-0.39, 0.29) is 18.9 Å². The van der Waals surface area contributed by atoms with Gasteiger partial charge < -0.3 is 15.4 Å². The van der Waals surface area contributed by atoms with E-state index in [2.05, 4.69) is 15.4 Å². The molecule has 0 spiro atoms. The lowest BCUT2D eigenvalue weighted by molar-refractivity contribution is -0.122. The number of hydrogen-bond acceptors (Lipinski definition) is 3. The van der Waals surface area contributed by atoms with Crippen molar-refractivity contribution < 1.29 is 18.3 Å². The summed E-state index contributed by atoms with van der Waals surface area (Å²) < 4.78 is 28.0. The SMILES string of the molecule is O=C(CCOCC(F)F)NCC[C@@H]1CCCN1. The fraction of sp³-hybridized carbons (Fsp3) is 0.909. The van der Waals surface area contributed by atoms with Gasteiger partial charge in [-0.2, -0.15) is 0 Å². The summed E-state index contributed by atoms with van der Waals surface area (Å²) in [7, 11) is 0. The fourth-order valence-corrected chi connectivity index (χ4v) is 1.81. The normalized spacial score (nSPS) is 19.8. The molecule has 0 bridgehead atoms. The smallest absolute Gasteiger partial charge is 0.261 e. The van der Waals surface area contributed by atoms with Gasteiger partial charge in [-0.3, -0.25) is 4.79 Å². The van der Waals surface area contributed by atoms with E-state index >= 15 is 0 Å². The Morgan fingerprint density at radius 2 is 2.35 bits per heavy atom. The number of rotatable bonds is 8. The van der Waals surface area contributed by atoms with Gasteiger partial charge in [0.2, 0.25) is 5.91 Å². The summed E-state index contributed by atoms with van der Waals surface area (Å²) in [5.41, 5.74) is 0.